The largest absolute Gasteiger partial charge is 0.393 e. The lowest BCUT2D eigenvalue weighted by Crippen LogP contribution is -2.59. The van der Waals surface area contributed by atoms with E-state index >= 15 is 0 Å². The molecule has 0 aliphatic heterocycles. The summed E-state index contributed by atoms with van der Waals surface area (Å²) < 4.78 is 0. The number of halogens is 1. The molecule has 168 valence electrons. The van der Waals surface area contributed by atoms with Crippen molar-refractivity contribution in [3.05, 3.63) is 0 Å². The van der Waals surface area contributed by atoms with E-state index in [-0.39, 0.29) is 21.8 Å². The molecule has 0 spiro atoms. The molecular weight excluding hydrogens is 376 g/mol. The van der Waals surface area contributed by atoms with E-state index < -0.39 is 0 Å². The van der Waals surface area contributed by atoms with E-state index in [9.17, 15) is 5.11 Å². The Morgan fingerprint density at radius 1 is 0.897 bits per heavy atom. The maximum atomic E-state index is 11.1. The Kier molecular flexibility index (Phi) is 6.18. The second kappa shape index (κ2) is 7.99. The molecule has 4 rings (SSSR count). The van der Waals surface area contributed by atoms with E-state index in [0.717, 1.165) is 36.0 Å². The van der Waals surface area contributed by atoms with Gasteiger partial charge in [-0.2, -0.15) is 0 Å². The number of rotatable bonds is 5. The quantitative estimate of drug-likeness (QED) is 0.447. The standard InChI is InChI=1S/C27H47ClO/c1-18(2)8-6-9-19(3)27(28)17-15-22-21-13-12-20-10-7-11-24(29)26(20,5)23(21)14-16-25(22,27)4/h18-24,29H,6-17H2,1-5H3/t19-,20?,21+,22+,23+,24?,25+,26+,27+/m1/s1. The van der Waals surface area contributed by atoms with Gasteiger partial charge in [0.1, 0.15) is 0 Å². The lowest BCUT2D eigenvalue weighted by atomic mass is 9.44. The van der Waals surface area contributed by atoms with Crippen LogP contribution in [-0.2, 0) is 0 Å². The lowest BCUT2D eigenvalue weighted by molar-refractivity contribution is -0.162. The molecule has 0 aromatic heterocycles. The molecule has 1 N–H and O–H groups in total. The Labute approximate surface area is 185 Å². The molecule has 0 saturated heterocycles. The van der Waals surface area contributed by atoms with E-state index in [0.29, 0.717) is 5.92 Å². The highest BCUT2D eigenvalue weighted by Gasteiger charge is 2.66. The van der Waals surface area contributed by atoms with Crippen molar-refractivity contribution in [1.29, 1.82) is 0 Å². The molecule has 0 amide bonds. The van der Waals surface area contributed by atoms with E-state index in [1.807, 2.05) is 0 Å². The summed E-state index contributed by atoms with van der Waals surface area (Å²) in [4.78, 5) is -0.0114. The van der Waals surface area contributed by atoms with Crippen LogP contribution in [0.4, 0.5) is 0 Å². The first-order chi connectivity index (χ1) is 13.6. The van der Waals surface area contributed by atoms with Crippen LogP contribution in [0, 0.1) is 46.3 Å². The summed E-state index contributed by atoms with van der Waals surface area (Å²) in [6.45, 7) is 12.2. The zero-order chi connectivity index (χ0) is 21.0. The molecule has 4 saturated carbocycles. The summed E-state index contributed by atoms with van der Waals surface area (Å²) in [5.74, 6) is 4.47. The van der Waals surface area contributed by atoms with Crippen LogP contribution < -0.4 is 0 Å². The molecule has 2 unspecified atom stereocenters. The number of fused-ring (bicyclic) bond motifs is 5. The lowest BCUT2D eigenvalue weighted by Gasteiger charge is -2.62. The summed E-state index contributed by atoms with van der Waals surface area (Å²) >= 11 is 7.63. The van der Waals surface area contributed by atoms with E-state index in [2.05, 4.69) is 34.6 Å². The fourth-order valence-electron chi connectivity index (χ4n) is 9.20. The highest BCUT2D eigenvalue weighted by atomic mass is 35.5. The van der Waals surface area contributed by atoms with Crippen molar-refractivity contribution in [3.8, 4) is 0 Å². The van der Waals surface area contributed by atoms with E-state index in [4.69, 9.17) is 11.6 Å². The van der Waals surface area contributed by atoms with Crippen LogP contribution in [0.25, 0.3) is 0 Å². The van der Waals surface area contributed by atoms with Gasteiger partial charge in [0.2, 0.25) is 0 Å². The molecule has 0 aromatic rings. The molecule has 0 bridgehead atoms. The van der Waals surface area contributed by atoms with Crippen molar-refractivity contribution in [3.63, 3.8) is 0 Å². The van der Waals surface area contributed by atoms with Crippen molar-refractivity contribution in [2.75, 3.05) is 0 Å². The van der Waals surface area contributed by atoms with Gasteiger partial charge < -0.3 is 5.11 Å². The second-order valence-corrected chi connectivity index (χ2v) is 13.2. The number of aliphatic hydroxyl groups is 1. The summed E-state index contributed by atoms with van der Waals surface area (Å²) in [7, 11) is 0. The number of aliphatic hydroxyl groups excluding tert-OH is 1. The third kappa shape index (κ3) is 3.35. The smallest absolute Gasteiger partial charge is 0.0599 e. The zero-order valence-electron chi connectivity index (χ0n) is 19.9. The van der Waals surface area contributed by atoms with Gasteiger partial charge in [0, 0.05) is 0 Å². The Morgan fingerprint density at radius 3 is 2.34 bits per heavy atom. The minimum atomic E-state index is -0.0736. The average Bonchev–Trinajstić information content (AvgIpc) is 2.95. The molecule has 4 aliphatic rings. The minimum absolute atomic E-state index is 0.0114. The molecule has 0 aromatic carbocycles. The summed E-state index contributed by atoms with van der Waals surface area (Å²) in [6, 6.07) is 0. The highest BCUT2D eigenvalue weighted by Crippen LogP contribution is 2.70. The van der Waals surface area contributed by atoms with Crippen molar-refractivity contribution in [2.24, 2.45) is 46.3 Å². The van der Waals surface area contributed by atoms with Crippen LogP contribution in [0.3, 0.4) is 0 Å². The molecule has 1 nitrogen and oxygen atoms in total. The zero-order valence-corrected chi connectivity index (χ0v) is 20.6. The third-order valence-corrected chi connectivity index (χ3v) is 12.1. The van der Waals surface area contributed by atoms with Gasteiger partial charge in [-0.25, -0.2) is 0 Å². The number of alkyl halides is 1. The molecule has 0 heterocycles. The van der Waals surface area contributed by atoms with Crippen molar-refractivity contribution >= 4 is 11.6 Å². The molecule has 4 fully saturated rings. The van der Waals surface area contributed by atoms with Crippen LogP contribution >= 0.6 is 11.6 Å². The minimum Gasteiger partial charge on any atom is -0.393 e. The summed E-state index contributed by atoms with van der Waals surface area (Å²) in [6.07, 6.45) is 15.4. The van der Waals surface area contributed by atoms with Crippen molar-refractivity contribution in [1.82, 2.24) is 0 Å². The maximum absolute atomic E-state index is 11.1. The monoisotopic (exact) mass is 422 g/mol. The Bertz CT molecular complexity index is 589. The molecule has 29 heavy (non-hydrogen) atoms. The first kappa shape index (κ1) is 22.4. The summed E-state index contributed by atoms with van der Waals surface area (Å²) in [5, 5.41) is 11.1. The van der Waals surface area contributed by atoms with Gasteiger partial charge in [0.05, 0.1) is 11.0 Å². The Morgan fingerprint density at radius 2 is 1.62 bits per heavy atom. The van der Waals surface area contributed by atoms with Crippen LogP contribution in [0.15, 0.2) is 0 Å². The molecule has 0 radical (unpaired) electrons. The average molecular weight is 423 g/mol. The molecular formula is C27H47ClO. The first-order valence-corrected chi connectivity index (χ1v) is 13.4. The Balaban J connectivity index is 1.54. The van der Waals surface area contributed by atoms with Crippen LogP contribution in [-0.4, -0.2) is 16.1 Å². The SMILES string of the molecule is CC(C)CCC[C@@H](C)[C@@]1(Cl)CC[C@H]2[C@@H]3CCC4CCCC(O)[C@]4(C)[C@H]3CC[C@@]21C. The topological polar surface area (TPSA) is 20.2 Å². The maximum Gasteiger partial charge on any atom is 0.0599 e. The van der Waals surface area contributed by atoms with Gasteiger partial charge in [0.25, 0.3) is 0 Å². The van der Waals surface area contributed by atoms with Gasteiger partial charge in [-0.15, -0.1) is 11.6 Å². The van der Waals surface area contributed by atoms with Crippen LogP contribution in [0.2, 0.25) is 0 Å². The summed E-state index contributed by atoms with van der Waals surface area (Å²) in [5.41, 5.74) is 0.457. The number of hydrogen-bond acceptors (Lipinski definition) is 1. The van der Waals surface area contributed by atoms with Crippen molar-refractivity contribution < 1.29 is 5.11 Å². The van der Waals surface area contributed by atoms with E-state index in [1.165, 1.54) is 70.6 Å². The molecule has 2 heteroatoms. The van der Waals surface area contributed by atoms with Gasteiger partial charge >= 0.3 is 0 Å². The highest BCUT2D eigenvalue weighted by molar-refractivity contribution is 6.25. The van der Waals surface area contributed by atoms with Gasteiger partial charge in [-0.1, -0.05) is 53.9 Å². The fraction of sp³-hybridized carbons (Fsp3) is 1.00. The Hall–Kier alpha value is 0.250. The van der Waals surface area contributed by atoms with Gasteiger partial charge in [0.15, 0.2) is 0 Å². The first-order valence-electron chi connectivity index (χ1n) is 13.0. The molecule has 9 atom stereocenters. The van der Waals surface area contributed by atoms with Gasteiger partial charge in [-0.3, -0.25) is 0 Å². The van der Waals surface area contributed by atoms with Gasteiger partial charge in [-0.05, 0) is 104 Å². The predicted molar refractivity (Wildman–Crippen MR) is 124 cm³/mol. The van der Waals surface area contributed by atoms with Crippen LogP contribution in [0.1, 0.15) is 112 Å². The molecule has 4 aliphatic carbocycles. The third-order valence-electron chi connectivity index (χ3n) is 11.1. The number of hydrogen-bond donors (Lipinski definition) is 1. The predicted octanol–water partition coefficient (Wildman–Crippen LogP) is 7.83. The second-order valence-electron chi connectivity index (χ2n) is 12.5. The van der Waals surface area contributed by atoms with E-state index in [1.54, 1.807) is 0 Å². The normalized spacial score (nSPS) is 50.7. The van der Waals surface area contributed by atoms with Crippen molar-refractivity contribution in [2.45, 2.75) is 123 Å². The fourth-order valence-corrected chi connectivity index (χ4v) is 9.66. The van der Waals surface area contributed by atoms with Crippen LogP contribution in [0.5, 0.6) is 0 Å².